The van der Waals surface area contributed by atoms with E-state index in [4.69, 9.17) is 9.15 Å². The highest BCUT2D eigenvalue weighted by atomic mass is 16.5. The number of esters is 1. The molecule has 1 aromatic heterocycles. The highest BCUT2D eigenvalue weighted by Crippen LogP contribution is 2.09. The lowest BCUT2D eigenvalue weighted by Crippen LogP contribution is -2.27. The van der Waals surface area contributed by atoms with Crippen LogP contribution in [0.1, 0.15) is 31.6 Å². The van der Waals surface area contributed by atoms with Crippen LogP contribution in [0.5, 0.6) is 0 Å². The SMILES string of the molecule is CC(C)CCOC(=O)/C(=C/c1ccco1)NC(=O)/C=C/c1ccccc1. The second-order valence-electron chi connectivity index (χ2n) is 6.13. The Morgan fingerprint density at radius 2 is 1.92 bits per heavy atom. The second kappa shape index (κ2) is 10.0. The van der Waals surface area contributed by atoms with Crippen LogP contribution in [0.4, 0.5) is 0 Å². The molecule has 0 saturated heterocycles. The van der Waals surface area contributed by atoms with E-state index in [9.17, 15) is 9.59 Å². The summed E-state index contributed by atoms with van der Waals surface area (Å²) in [4.78, 5) is 24.5. The number of carbonyl (C=O) groups excluding carboxylic acids is 2. The van der Waals surface area contributed by atoms with Gasteiger partial charge in [-0.3, -0.25) is 4.79 Å². The number of furan rings is 1. The highest BCUT2D eigenvalue weighted by Gasteiger charge is 2.14. The molecular weight excluding hydrogens is 330 g/mol. The van der Waals surface area contributed by atoms with Crippen molar-refractivity contribution in [1.29, 1.82) is 0 Å². The fourth-order valence-corrected chi connectivity index (χ4v) is 2.04. The van der Waals surface area contributed by atoms with Crippen LogP contribution < -0.4 is 5.32 Å². The van der Waals surface area contributed by atoms with Crippen molar-refractivity contribution in [2.24, 2.45) is 5.92 Å². The molecule has 0 aliphatic heterocycles. The summed E-state index contributed by atoms with van der Waals surface area (Å²) in [5.41, 5.74) is 0.921. The molecule has 136 valence electrons. The first-order valence-electron chi connectivity index (χ1n) is 8.51. The van der Waals surface area contributed by atoms with Gasteiger partial charge in [0.25, 0.3) is 0 Å². The lowest BCUT2D eigenvalue weighted by atomic mass is 10.1. The zero-order valence-corrected chi connectivity index (χ0v) is 15.0. The molecule has 1 heterocycles. The van der Waals surface area contributed by atoms with Gasteiger partial charge < -0.3 is 14.5 Å². The van der Waals surface area contributed by atoms with E-state index in [1.807, 2.05) is 44.2 Å². The lowest BCUT2D eigenvalue weighted by molar-refractivity contribution is -0.140. The summed E-state index contributed by atoms with van der Waals surface area (Å²) < 4.78 is 10.5. The van der Waals surface area contributed by atoms with Crippen molar-refractivity contribution >= 4 is 24.0 Å². The molecule has 0 saturated carbocycles. The molecule has 0 radical (unpaired) electrons. The minimum atomic E-state index is -0.594. The van der Waals surface area contributed by atoms with Crippen molar-refractivity contribution in [2.45, 2.75) is 20.3 Å². The van der Waals surface area contributed by atoms with Crippen molar-refractivity contribution in [3.63, 3.8) is 0 Å². The van der Waals surface area contributed by atoms with Gasteiger partial charge in [0.2, 0.25) is 5.91 Å². The van der Waals surface area contributed by atoms with E-state index in [-0.39, 0.29) is 5.70 Å². The van der Waals surface area contributed by atoms with Gasteiger partial charge in [-0.05, 0) is 36.1 Å². The molecule has 1 N–H and O–H groups in total. The monoisotopic (exact) mass is 353 g/mol. The summed E-state index contributed by atoms with van der Waals surface area (Å²) >= 11 is 0. The number of nitrogens with one attached hydrogen (secondary N) is 1. The summed E-state index contributed by atoms with van der Waals surface area (Å²) in [5, 5.41) is 2.56. The average Bonchev–Trinajstić information content (AvgIpc) is 3.13. The minimum Gasteiger partial charge on any atom is -0.465 e. The third-order valence-corrected chi connectivity index (χ3v) is 3.46. The van der Waals surface area contributed by atoms with Gasteiger partial charge in [-0.1, -0.05) is 44.2 Å². The first kappa shape index (κ1) is 19.2. The second-order valence-corrected chi connectivity index (χ2v) is 6.13. The third kappa shape index (κ3) is 6.81. The Morgan fingerprint density at radius 3 is 2.58 bits per heavy atom. The van der Waals surface area contributed by atoms with E-state index in [2.05, 4.69) is 5.32 Å². The predicted octanol–water partition coefficient (Wildman–Crippen LogP) is 4.04. The van der Waals surface area contributed by atoms with Gasteiger partial charge in [-0.25, -0.2) is 4.79 Å². The summed E-state index contributed by atoms with van der Waals surface area (Å²) in [5.74, 6) is -0.146. The number of amides is 1. The molecule has 26 heavy (non-hydrogen) atoms. The number of rotatable bonds is 8. The Labute approximate surface area is 153 Å². The lowest BCUT2D eigenvalue weighted by Gasteiger charge is -2.10. The topological polar surface area (TPSA) is 68.5 Å². The van der Waals surface area contributed by atoms with E-state index in [1.54, 1.807) is 18.2 Å². The number of hydrogen-bond acceptors (Lipinski definition) is 4. The van der Waals surface area contributed by atoms with Crippen LogP contribution >= 0.6 is 0 Å². The number of ether oxygens (including phenoxy) is 1. The summed E-state index contributed by atoms with van der Waals surface area (Å²) in [6.45, 7) is 4.38. The van der Waals surface area contributed by atoms with Gasteiger partial charge in [0.1, 0.15) is 11.5 Å². The molecule has 0 fully saturated rings. The maximum Gasteiger partial charge on any atom is 0.354 e. The van der Waals surface area contributed by atoms with Crippen molar-refractivity contribution in [3.8, 4) is 0 Å². The molecule has 0 aliphatic carbocycles. The Hall–Kier alpha value is -3.08. The molecular formula is C21H23NO4. The summed E-state index contributed by atoms with van der Waals surface area (Å²) in [6.07, 6.45) is 6.73. The fourth-order valence-electron chi connectivity index (χ4n) is 2.04. The molecule has 0 spiro atoms. The Balaban J connectivity index is 2.05. The van der Waals surface area contributed by atoms with Gasteiger partial charge in [0, 0.05) is 12.2 Å². The van der Waals surface area contributed by atoms with E-state index in [0.29, 0.717) is 18.3 Å². The van der Waals surface area contributed by atoms with Crippen molar-refractivity contribution < 1.29 is 18.7 Å². The number of carbonyl (C=O) groups is 2. The Bertz CT molecular complexity index is 759. The van der Waals surface area contributed by atoms with Crippen molar-refractivity contribution in [1.82, 2.24) is 5.32 Å². The maximum absolute atomic E-state index is 12.3. The van der Waals surface area contributed by atoms with Gasteiger partial charge in [-0.2, -0.15) is 0 Å². The standard InChI is InChI=1S/C21H23NO4/c1-16(2)12-14-26-21(24)19(15-18-9-6-13-25-18)22-20(23)11-10-17-7-4-3-5-8-17/h3-11,13,15-16H,12,14H2,1-2H3,(H,22,23)/b11-10+,19-15-. The zero-order valence-electron chi connectivity index (χ0n) is 15.0. The molecule has 5 heteroatoms. The van der Waals surface area contributed by atoms with Gasteiger partial charge in [0.05, 0.1) is 12.9 Å². The highest BCUT2D eigenvalue weighted by molar-refractivity contribution is 6.01. The smallest absolute Gasteiger partial charge is 0.354 e. The third-order valence-electron chi connectivity index (χ3n) is 3.46. The van der Waals surface area contributed by atoms with E-state index >= 15 is 0 Å². The molecule has 1 amide bonds. The summed E-state index contributed by atoms with van der Waals surface area (Å²) in [7, 11) is 0. The molecule has 2 aromatic rings. The van der Waals surface area contributed by atoms with Crippen LogP contribution in [0, 0.1) is 5.92 Å². The number of benzene rings is 1. The van der Waals surface area contributed by atoms with Gasteiger partial charge in [0.15, 0.2) is 0 Å². The maximum atomic E-state index is 12.3. The van der Waals surface area contributed by atoms with Gasteiger partial charge in [-0.15, -0.1) is 0 Å². The predicted molar refractivity (Wildman–Crippen MR) is 101 cm³/mol. The van der Waals surface area contributed by atoms with Gasteiger partial charge >= 0.3 is 5.97 Å². The molecule has 5 nitrogen and oxygen atoms in total. The number of hydrogen-bond donors (Lipinski definition) is 1. The molecule has 0 aliphatic rings. The zero-order chi connectivity index (χ0) is 18.8. The molecule has 2 rings (SSSR count). The average molecular weight is 353 g/mol. The van der Waals surface area contributed by atoms with Crippen LogP contribution in [0.3, 0.4) is 0 Å². The van der Waals surface area contributed by atoms with Crippen LogP contribution in [0.15, 0.2) is 64.9 Å². The van der Waals surface area contributed by atoms with E-state index < -0.39 is 11.9 Å². The van der Waals surface area contributed by atoms with Crippen LogP contribution in [-0.4, -0.2) is 18.5 Å². The van der Waals surface area contributed by atoms with Crippen molar-refractivity contribution in [2.75, 3.05) is 6.61 Å². The first-order valence-corrected chi connectivity index (χ1v) is 8.51. The van der Waals surface area contributed by atoms with E-state index in [0.717, 1.165) is 12.0 Å². The van der Waals surface area contributed by atoms with Crippen LogP contribution in [0.25, 0.3) is 12.2 Å². The minimum absolute atomic E-state index is 0.0337. The van der Waals surface area contributed by atoms with E-state index in [1.165, 1.54) is 18.4 Å². The molecule has 0 atom stereocenters. The summed E-state index contributed by atoms with van der Waals surface area (Å²) in [6, 6.07) is 12.8. The van der Waals surface area contributed by atoms with Crippen LogP contribution in [0.2, 0.25) is 0 Å². The first-order chi connectivity index (χ1) is 12.5. The Kier molecular flexibility index (Phi) is 7.43. The normalized spacial score (nSPS) is 11.7. The molecule has 1 aromatic carbocycles. The van der Waals surface area contributed by atoms with Crippen LogP contribution in [-0.2, 0) is 14.3 Å². The largest absolute Gasteiger partial charge is 0.465 e. The quantitative estimate of drug-likeness (QED) is 0.574. The fraction of sp³-hybridized carbons (Fsp3) is 0.238. The molecule has 0 bridgehead atoms. The molecule has 0 unspecified atom stereocenters. The van der Waals surface area contributed by atoms with Crippen molar-refractivity contribution in [3.05, 3.63) is 71.8 Å². The Morgan fingerprint density at radius 1 is 1.15 bits per heavy atom.